The number of benzene rings is 3. The normalized spacial score (nSPS) is 12.7. The Bertz CT molecular complexity index is 1960. The Morgan fingerprint density at radius 3 is 2.30 bits per heavy atom. The Morgan fingerprint density at radius 1 is 1.00 bits per heavy atom. The number of hydrogen-bond donors (Lipinski definition) is 3. The van der Waals surface area contributed by atoms with Gasteiger partial charge in [0.05, 0.1) is 12.1 Å². The van der Waals surface area contributed by atoms with Crippen molar-refractivity contribution in [2.45, 2.75) is 31.6 Å². The summed E-state index contributed by atoms with van der Waals surface area (Å²) in [6, 6.07) is 14.8. The summed E-state index contributed by atoms with van der Waals surface area (Å²) in [5.41, 5.74) is -1.20. The molecule has 0 spiro atoms. The van der Waals surface area contributed by atoms with Crippen LogP contribution in [-0.2, 0) is 17.4 Å². The second-order valence-electron chi connectivity index (χ2n) is 10.4. The highest BCUT2D eigenvalue weighted by molar-refractivity contribution is 5.97. The summed E-state index contributed by atoms with van der Waals surface area (Å²) < 4.78 is 73.1. The molecular weight excluding hydrogens is 609 g/mol. The Kier molecular flexibility index (Phi) is 8.73. The van der Waals surface area contributed by atoms with Gasteiger partial charge in [-0.2, -0.15) is 13.2 Å². The molecule has 13 heteroatoms. The number of fused-ring (bicyclic) bond motifs is 1. The minimum Gasteiger partial charge on any atom is -0.480 e. The number of nitrogens with zero attached hydrogens (tertiary/aromatic N) is 3. The summed E-state index contributed by atoms with van der Waals surface area (Å²) in [4.78, 5) is 32.3. The van der Waals surface area contributed by atoms with Gasteiger partial charge in [-0.15, -0.1) is 0 Å². The lowest BCUT2D eigenvalue weighted by Gasteiger charge is -2.19. The highest BCUT2D eigenvalue weighted by Gasteiger charge is 2.35. The number of halogens is 5. The van der Waals surface area contributed by atoms with Crippen molar-refractivity contribution in [3.8, 4) is 11.1 Å². The molecule has 2 aromatic heterocycles. The Hall–Kier alpha value is -5.77. The number of hydrogen-bond acceptors (Lipinski definition) is 4. The molecule has 5 rings (SSSR count). The number of nitrogens with one attached hydrogen (secondary N) is 2. The first-order valence-corrected chi connectivity index (χ1v) is 13.8. The van der Waals surface area contributed by atoms with Crippen molar-refractivity contribution in [3.05, 3.63) is 131 Å². The van der Waals surface area contributed by atoms with Gasteiger partial charge in [-0.25, -0.2) is 23.4 Å². The standard InChI is InChI=1S/C33H24F5N5O3/c1-18(19-6-4-3-5-7-19)41-21-15-26(34)29(27(35)16-21)31(44)42-28(32(45)46)17-22-9-11-24(30-40-12-13-43(22)30)23-10-8-20(39-2)14-25(23)33(36,37)38/h3-16,18,28,41H,17H2,1H3,(H,42,44)(H,45,46)/t18-,28-/m0/s1. The Balaban J connectivity index is 1.40. The molecule has 8 nitrogen and oxygen atoms in total. The number of imidazole rings is 1. The van der Waals surface area contributed by atoms with E-state index in [1.165, 1.54) is 35.0 Å². The number of pyridine rings is 1. The number of amides is 1. The second-order valence-corrected chi connectivity index (χ2v) is 10.4. The minimum absolute atomic E-state index is 0.0546. The van der Waals surface area contributed by atoms with E-state index in [0.29, 0.717) is 0 Å². The van der Waals surface area contributed by atoms with E-state index in [2.05, 4.69) is 20.5 Å². The molecule has 0 bridgehead atoms. The molecule has 0 aliphatic heterocycles. The summed E-state index contributed by atoms with van der Waals surface area (Å²) >= 11 is 0. The number of carboxylic acids is 1. The lowest BCUT2D eigenvalue weighted by atomic mass is 9.98. The van der Waals surface area contributed by atoms with E-state index in [4.69, 9.17) is 6.57 Å². The van der Waals surface area contributed by atoms with Crippen molar-refractivity contribution >= 4 is 28.9 Å². The molecule has 0 saturated heterocycles. The van der Waals surface area contributed by atoms with Crippen LogP contribution in [0.25, 0.3) is 21.6 Å². The molecule has 234 valence electrons. The maximum Gasteiger partial charge on any atom is 0.415 e. The molecular formula is C33H24F5N5O3. The van der Waals surface area contributed by atoms with Crippen LogP contribution in [0.15, 0.2) is 85.2 Å². The van der Waals surface area contributed by atoms with Gasteiger partial charge < -0.3 is 20.1 Å². The molecule has 2 heterocycles. The molecule has 5 aromatic rings. The van der Waals surface area contributed by atoms with E-state index in [1.54, 1.807) is 6.92 Å². The van der Waals surface area contributed by atoms with Crippen LogP contribution in [0.1, 0.15) is 40.1 Å². The maximum absolute atomic E-state index is 15.0. The van der Waals surface area contributed by atoms with E-state index in [-0.39, 0.29) is 39.9 Å². The third-order valence-corrected chi connectivity index (χ3v) is 7.33. The summed E-state index contributed by atoms with van der Waals surface area (Å²) in [6.07, 6.45) is -2.49. The molecule has 0 aliphatic carbocycles. The summed E-state index contributed by atoms with van der Waals surface area (Å²) in [6.45, 7) is 8.85. The summed E-state index contributed by atoms with van der Waals surface area (Å²) in [5.74, 6) is -5.25. The summed E-state index contributed by atoms with van der Waals surface area (Å²) in [5, 5.41) is 15.0. The van der Waals surface area contributed by atoms with Crippen LogP contribution in [0, 0.1) is 18.2 Å². The molecule has 0 saturated carbocycles. The van der Waals surface area contributed by atoms with Gasteiger partial charge in [0.25, 0.3) is 5.91 Å². The van der Waals surface area contributed by atoms with Gasteiger partial charge in [-0.3, -0.25) is 4.79 Å². The highest BCUT2D eigenvalue weighted by Crippen LogP contribution is 2.40. The minimum atomic E-state index is -4.78. The number of rotatable bonds is 9. The van der Waals surface area contributed by atoms with Crippen molar-refractivity contribution in [3.63, 3.8) is 0 Å². The molecule has 2 atom stereocenters. The van der Waals surface area contributed by atoms with Crippen molar-refractivity contribution < 1.29 is 36.6 Å². The van der Waals surface area contributed by atoms with E-state index in [1.807, 2.05) is 30.3 Å². The van der Waals surface area contributed by atoms with Gasteiger partial charge in [0.1, 0.15) is 28.9 Å². The van der Waals surface area contributed by atoms with Crippen molar-refractivity contribution in [2.75, 3.05) is 5.32 Å². The molecule has 1 amide bonds. The predicted molar refractivity (Wildman–Crippen MR) is 159 cm³/mol. The number of alkyl halides is 3. The fraction of sp³-hybridized carbons (Fsp3) is 0.152. The predicted octanol–water partition coefficient (Wildman–Crippen LogP) is 7.45. The number of carboxylic acid groups (broad SMARTS) is 1. The van der Waals surface area contributed by atoms with Crippen molar-refractivity contribution in [1.82, 2.24) is 14.7 Å². The van der Waals surface area contributed by atoms with E-state index in [9.17, 15) is 27.9 Å². The molecule has 3 N–H and O–H groups in total. The largest absolute Gasteiger partial charge is 0.480 e. The third kappa shape index (κ3) is 6.51. The topological polar surface area (TPSA) is 100 Å². The quantitative estimate of drug-likeness (QED) is 0.116. The maximum atomic E-state index is 15.0. The van der Waals surface area contributed by atoms with Crippen LogP contribution in [0.3, 0.4) is 0 Å². The van der Waals surface area contributed by atoms with Crippen molar-refractivity contribution in [1.29, 1.82) is 0 Å². The SMILES string of the molecule is [C-]#[N+]c1ccc(-c2ccc(C[C@H](NC(=O)c3c(F)cc(N[C@@H](C)c4ccccc4)cc3F)C(=O)O)n3ccnc23)c(C(F)(F)F)c1. The number of carbonyl (C=O) groups is 2. The number of aliphatic carboxylic acids is 1. The van der Waals surface area contributed by atoms with Gasteiger partial charge in [0.15, 0.2) is 5.69 Å². The highest BCUT2D eigenvalue weighted by atomic mass is 19.4. The molecule has 0 radical (unpaired) electrons. The second kappa shape index (κ2) is 12.7. The van der Waals surface area contributed by atoms with E-state index >= 15 is 8.78 Å². The van der Waals surface area contributed by atoms with Crippen LogP contribution in [-0.4, -0.2) is 32.4 Å². The van der Waals surface area contributed by atoms with Crippen LogP contribution < -0.4 is 10.6 Å². The number of aromatic nitrogens is 2. The average Bonchev–Trinajstić information content (AvgIpc) is 3.51. The zero-order valence-electron chi connectivity index (χ0n) is 23.9. The molecule has 0 aliphatic rings. The monoisotopic (exact) mass is 633 g/mol. The van der Waals surface area contributed by atoms with Gasteiger partial charge >= 0.3 is 12.1 Å². The van der Waals surface area contributed by atoms with E-state index in [0.717, 1.165) is 29.8 Å². The first-order valence-electron chi connectivity index (χ1n) is 13.8. The zero-order chi connectivity index (χ0) is 33.2. The van der Waals surface area contributed by atoms with Crippen LogP contribution in [0.2, 0.25) is 0 Å². The first kappa shape index (κ1) is 31.6. The fourth-order valence-electron chi connectivity index (χ4n) is 5.10. The average molecular weight is 634 g/mol. The van der Waals surface area contributed by atoms with E-state index < -0.39 is 53.3 Å². The van der Waals surface area contributed by atoms with Gasteiger partial charge in [-0.05, 0) is 48.4 Å². The third-order valence-electron chi connectivity index (χ3n) is 7.33. The van der Waals surface area contributed by atoms with Crippen LogP contribution in [0.4, 0.5) is 33.3 Å². The zero-order valence-corrected chi connectivity index (χ0v) is 23.9. The smallest absolute Gasteiger partial charge is 0.415 e. The van der Waals surface area contributed by atoms with Gasteiger partial charge in [-0.1, -0.05) is 42.5 Å². The lowest BCUT2D eigenvalue weighted by Crippen LogP contribution is -2.43. The van der Waals surface area contributed by atoms with Gasteiger partial charge in [0.2, 0.25) is 0 Å². The van der Waals surface area contributed by atoms with Crippen LogP contribution >= 0.6 is 0 Å². The first-order chi connectivity index (χ1) is 21.9. The molecule has 46 heavy (non-hydrogen) atoms. The lowest BCUT2D eigenvalue weighted by molar-refractivity contribution is -0.139. The Labute approximate surface area is 259 Å². The summed E-state index contributed by atoms with van der Waals surface area (Å²) in [7, 11) is 0. The fourth-order valence-corrected chi connectivity index (χ4v) is 5.10. The molecule has 3 aromatic carbocycles. The van der Waals surface area contributed by atoms with Crippen molar-refractivity contribution in [2.24, 2.45) is 0 Å². The number of anilines is 1. The van der Waals surface area contributed by atoms with Gasteiger partial charge in [0, 0.05) is 41.8 Å². The van der Waals surface area contributed by atoms with Crippen LogP contribution in [0.5, 0.6) is 0 Å². The number of carbonyl (C=O) groups excluding carboxylic acids is 1. The Morgan fingerprint density at radius 2 is 1.67 bits per heavy atom. The molecule has 0 fully saturated rings. The molecule has 0 unspecified atom stereocenters.